The topological polar surface area (TPSA) is 34.1 Å². The fourth-order valence-corrected chi connectivity index (χ4v) is 4.19. The van der Waals surface area contributed by atoms with E-state index >= 15 is 0 Å². The summed E-state index contributed by atoms with van der Waals surface area (Å²) in [6.45, 7) is 4.39. The maximum absolute atomic E-state index is 11.3. The van der Waals surface area contributed by atoms with Gasteiger partial charge in [-0.05, 0) is 47.2 Å². The van der Waals surface area contributed by atoms with Crippen molar-refractivity contribution in [3.8, 4) is 11.1 Å². The second-order valence-corrected chi connectivity index (χ2v) is 6.43. The first-order valence-electron chi connectivity index (χ1n) is 8.40. The van der Waals surface area contributed by atoms with Gasteiger partial charge in [0.05, 0.1) is 0 Å². The van der Waals surface area contributed by atoms with Gasteiger partial charge in [-0.2, -0.15) is 0 Å². The number of carbonyl (C=O) groups is 2. The van der Waals surface area contributed by atoms with Crippen LogP contribution in [0, 0.1) is 0 Å². The van der Waals surface area contributed by atoms with Crippen LogP contribution in [0.3, 0.4) is 0 Å². The van der Waals surface area contributed by atoms with Gasteiger partial charge in [0.25, 0.3) is 0 Å². The average Bonchev–Trinajstić information content (AvgIpc) is 2.85. The van der Waals surface area contributed by atoms with Crippen molar-refractivity contribution in [2.75, 3.05) is 0 Å². The second-order valence-electron chi connectivity index (χ2n) is 6.43. The van der Waals surface area contributed by atoms with Crippen molar-refractivity contribution in [2.45, 2.75) is 44.9 Å². The fraction of sp³-hybridized carbons (Fsp3) is 0.333. The van der Waals surface area contributed by atoms with E-state index in [1.54, 1.807) is 0 Å². The van der Waals surface area contributed by atoms with Crippen molar-refractivity contribution < 1.29 is 9.59 Å². The standard InChI is InChI=1S/C21H22O2/c1-3-9-21(10-4-2)19-11-15(13-22)5-7-17(19)18-8-6-16(14-23)12-20(18)21/h5-8,11-14H,3-4,9-10H2,1-2H3. The van der Waals surface area contributed by atoms with Gasteiger partial charge in [-0.3, -0.25) is 9.59 Å². The van der Waals surface area contributed by atoms with Gasteiger partial charge in [0.1, 0.15) is 12.6 Å². The SMILES string of the molecule is CCCC1(CCC)c2cc(C=O)ccc2-c2ccc(C=O)cc21. The number of aldehydes is 2. The highest BCUT2D eigenvalue weighted by Crippen LogP contribution is 2.54. The molecule has 0 aliphatic heterocycles. The summed E-state index contributed by atoms with van der Waals surface area (Å²) < 4.78 is 0. The van der Waals surface area contributed by atoms with Crippen molar-refractivity contribution in [3.05, 3.63) is 58.7 Å². The largest absolute Gasteiger partial charge is 0.298 e. The van der Waals surface area contributed by atoms with Gasteiger partial charge in [-0.25, -0.2) is 0 Å². The smallest absolute Gasteiger partial charge is 0.150 e. The van der Waals surface area contributed by atoms with Gasteiger partial charge in [0.15, 0.2) is 0 Å². The summed E-state index contributed by atoms with van der Waals surface area (Å²) >= 11 is 0. The molecule has 1 aliphatic carbocycles. The van der Waals surface area contributed by atoms with Crippen LogP contribution in [0.4, 0.5) is 0 Å². The molecular weight excluding hydrogens is 284 g/mol. The van der Waals surface area contributed by atoms with Crippen LogP contribution in [0.1, 0.15) is 71.4 Å². The molecule has 0 fully saturated rings. The monoisotopic (exact) mass is 306 g/mol. The molecule has 0 N–H and O–H groups in total. The molecule has 3 rings (SSSR count). The van der Waals surface area contributed by atoms with Crippen LogP contribution in [-0.2, 0) is 5.41 Å². The van der Waals surface area contributed by atoms with Crippen molar-refractivity contribution in [1.82, 2.24) is 0 Å². The Kier molecular flexibility index (Phi) is 4.16. The first kappa shape index (κ1) is 15.7. The third-order valence-electron chi connectivity index (χ3n) is 5.03. The summed E-state index contributed by atoms with van der Waals surface area (Å²) in [6.07, 6.45) is 6.04. The Hall–Kier alpha value is -2.22. The highest BCUT2D eigenvalue weighted by atomic mass is 16.1. The van der Waals surface area contributed by atoms with Crippen molar-refractivity contribution in [2.24, 2.45) is 0 Å². The second kappa shape index (κ2) is 6.11. The lowest BCUT2D eigenvalue weighted by Crippen LogP contribution is -2.25. The summed E-state index contributed by atoms with van der Waals surface area (Å²) in [4.78, 5) is 22.5. The van der Waals surface area contributed by atoms with E-state index in [9.17, 15) is 9.59 Å². The molecule has 0 radical (unpaired) electrons. The molecule has 2 nitrogen and oxygen atoms in total. The minimum atomic E-state index is -0.0772. The van der Waals surface area contributed by atoms with Gasteiger partial charge in [0.2, 0.25) is 0 Å². The van der Waals surface area contributed by atoms with Crippen molar-refractivity contribution >= 4 is 12.6 Å². The van der Waals surface area contributed by atoms with Crippen LogP contribution in [0.25, 0.3) is 11.1 Å². The lowest BCUT2D eigenvalue weighted by atomic mass is 9.71. The number of carbonyl (C=O) groups excluding carboxylic acids is 2. The summed E-state index contributed by atoms with van der Waals surface area (Å²) in [6, 6.07) is 12.0. The Morgan fingerprint density at radius 2 is 1.22 bits per heavy atom. The van der Waals surface area contributed by atoms with E-state index in [-0.39, 0.29) is 5.41 Å². The first-order chi connectivity index (χ1) is 11.2. The van der Waals surface area contributed by atoms with Crippen LogP contribution in [0.2, 0.25) is 0 Å². The van der Waals surface area contributed by atoms with Crippen LogP contribution in [0.5, 0.6) is 0 Å². The van der Waals surface area contributed by atoms with Crippen molar-refractivity contribution in [1.29, 1.82) is 0 Å². The Morgan fingerprint density at radius 1 is 0.783 bits per heavy atom. The van der Waals surface area contributed by atoms with E-state index < -0.39 is 0 Å². The maximum Gasteiger partial charge on any atom is 0.150 e. The van der Waals surface area contributed by atoms with Crippen LogP contribution < -0.4 is 0 Å². The lowest BCUT2D eigenvalue weighted by Gasteiger charge is -2.32. The van der Waals surface area contributed by atoms with Gasteiger partial charge in [-0.15, -0.1) is 0 Å². The zero-order valence-corrected chi connectivity index (χ0v) is 13.8. The highest BCUT2D eigenvalue weighted by molar-refractivity contribution is 5.87. The molecule has 0 unspecified atom stereocenters. The summed E-state index contributed by atoms with van der Waals surface area (Å²) in [5.41, 5.74) is 6.31. The number of benzene rings is 2. The highest BCUT2D eigenvalue weighted by Gasteiger charge is 2.41. The molecule has 0 heterocycles. The van der Waals surface area contributed by atoms with Gasteiger partial charge in [0, 0.05) is 16.5 Å². The molecule has 0 spiro atoms. The first-order valence-corrected chi connectivity index (χ1v) is 8.40. The van der Waals surface area contributed by atoms with E-state index in [2.05, 4.69) is 26.0 Å². The van der Waals surface area contributed by atoms with E-state index in [1.807, 2.05) is 24.3 Å². The van der Waals surface area contributed by atoms with Crippen LogP contribution in [-0.4, -0.2) is 12.6 Å². The fourth-order valence-electron chi connectivity index (χ4n) is 4.19. The van der Waals surface area contributed by atoms with E-state index in [1.165, 1.54) is 22.3 Å². The number of hydrogen-bond donors (Lipinski definition) is 0. The molecule has 0 atom stereocenters. The van der Waals surface area contributed by atoms with Gasteiger partial charge >= 0.3 is 0 Å². The molecule has 0 aromatic heterocycles. The zero-order valence-electron chi connectivity index (χ0n) is 13.8. The lowest BCUT2D eigenvalue weighted by molar-refractivity contribution is 0.111. The molecule has 2 heteroatoms. The molecule has 0 bridgehead atoms. The minimum Gasteiger partial charge on any atom is -0.298 e. The van der Waals surface area contributed by atoms with E-state index in [0.717, 1.165) is 49.4 Å². The molecule has 0 saturated heterocycles. The molecule has 0 amide bonds. The molecule has 23 heavy (non-hydrogen) atoms. The Bertz CT molecular complexity index is 693. The predicted octanol–water partition coefficient (Wildman–Crippen LogP) is 5.18. The Balaban J connectivity index is 2.33. The molecule has 2 aromatic rings. The Morgan fingerprint density at radius 3 is 1.57 bits per heavy atom. The predicted molar refractivity (Wildman–Crippen MR) is 93.2 cm³/mol. The average molecular weight is 306 g/mol. The van der Waals surface area contributed by atoms with Crippen LogP contribution in [0.15, 0.2) is 36.4 Å². The minimum absolute atomic E-state index is 0.0772. The molecular formula is C21H22O2. The summed E-state index contributed by atoms with van der Waals surface area (Å²) in [5, 5.41) is 0. The van der Waals surface area contributed by atoms with Crippen LogP contribution >= 0.6 is 0 Å². The van der Waals surface area contributed by atoms with Gasteiger partial charge < -0.3 is 0 Å². The van der Waals surface area contributed by atoms with Gasteiger partial charge in [-0.1, -0.05) is 51.0 Å². The van der Waals surface area contributed by atoms with E-state index in [4.69, 9.17) is 0 Å². The number of hydrogen-bond acceptors (Lipinski definition) is 2. The third kappa shape index (κ3) is 2.33. The number of rotatable bonds is 6. The maximum atomic E-state index is 11.3. The molecule has 1 aliphatic rings. The molecule has 2 aromatic carbocycles. The summed E-state index contributed by atoms with van der Waals surface area (Å²) in [5.74, 6) is 0. The quantitative estimate of drug-likeness (QED) is 0.689. The third-order valence-corrected chi connectivity index (χ3v) is 5.03. The molecule has 0 saturated carbocycles. The number of fused-ring (bicyclic) bond motifs is 3. The normalized spacial score (nSPS) is 14.2. The zero-order chi connectivity index (χ0) is 16.4. The van der Waals surface area contributed by atoms with Crippen molar-refractivity contribution in [3.63, 3.8) is 0 Å². The summed E-state index contributed by atoms with van der Waals surface area (Å²) in [7, 11) is 0. The Labute approximate surface area is 137 Å². The van der Waals surface area contributed by atoms with E-state index in [0.29, 0.717) is 0 Å². The molecule has 118 valence electrons.